The number of Topliss-reactive ketones (excluding diaryl/α,β-unsaturated/α-hetero) is 1. The molecule has 0 aliphatic carbocycles. The minimum Gasteiger partial charge on any atom is -0.496 e. The average Bonchev–Trinajstić information content (AvgIpc) is 2.35. The lowest BCUT2D eigenvalue weighted by molar-refractivity contribution is 0.0998. The molecule has 0 fully saturated rings. The van der Waals surface area contributed by atoms with Crippen molar-refractivity contribution in [2.24, 2.45) is 5.73 Å². The molecule has 1 aromatic rings. The molecule has 0 saturated carbocycles. The number of hydrogen-bond donors (Lipinski definition) is 2. The van der Waals surface area contributed by atoms with Gasteiger partial charge in [0.25, 0.3) is 0 Å². The molecule has 0 bridgehead atoms. The number of aliphatic hydroxyl groups is 1. The first kappa shape index (κ1) is 12.7. The summed E-state index contributed by atoms with van der Waals surface area (Å²) in [5, 5.41) is 9.20. The number of nitrogens with two attached hydrogens (primary N) is 1. The van der Waals surface area contributed by atoms with E-state index >= 15 is 0 Å². The maximum absolute atomic E-state index is 11.6. The van der Waals surface area contributed by atoms with E-state index < -0.39 is 0 Å². The smallest absolute Gasteiger partial charge is 0.176 e. The summed E-state index contributed by atoms with van der Waals surface area (Å²) in [5.74, 6) is 0.529. The first-order chi connectivity index (χ1) is 7.67. The second-order valence-electron chi connectivity index (χ2n) is 3.46. The number of rotatable bonds is 5. The molecule has 0 unspecified atom stereocenters. The number of aryl methyl sites for hydroxylation is 1. The Morgan fingerprint density at radius 3 is 2.56 bits per heavy atom. The fourth-order valence-electron chi connectivity index (χ4n) is 1.63. The van der Waals surface area contributed by atoms with Crippen LogP contribution < -0.4 is 10.5 Å². The molecule has 0 aromatic heterocycles. The average molecular weight is 223 g/mol. The van der Waals surface area contributed by atoms with Crippen LogP contribution >= 0.6 is 0 Å². The van der Waals surface area contributed by atoms with Crippen LogP contribution in [-0.4, -0.2) is 24.5 Å². The van der Waals surface area contributed by atoms with E-state index in [4.69, 9.17) is 10.5 Å². The van der Waals surface area contributed by atoms with Crippen molar-refractivity contribution in [3.63, 3.8) is 0 Å². The van der Waals surface area contributed by atoms with Crippen LogP contribution in [-0.2, 0) is 13.0 Å². The molecule has 0 atom stereocenters. The SMILES string of the molecule is CCc1cc(C(=O)CN)c(CO)cc1OC. The molecular formula is C12H17NO3. The molecule has 0 spiro atoms. The highest BCUT2D eigenvalue weighted by atomic mass is 16.5. The topological polar surface area (TPSA) is 72.6 Å². The van der Waals surface area contributed by atoms with E-state index in [1.807, 2.05) is 6.92 Å². The van der Waals surface area contributed by atoms with Gasteiger partial charge in [0.1, 0.15) is 5.75 Å². The zero-order valence-electron chi connectivity index (χ0n) is 9.62. The lowest BCUT2D eigenvalue weighted by Crippen LogP contribution is -2.16. The van der Waals surface area contributed by atoms with Crippen LogP contribution in [0.1, 0.15) is 28.4 Å². The van der Waals surface area contributed by atoms with Crippen molar-refractivity contribution in [2.75, 3.05) is 13.7 Å². The molecule has 4 nitrogen and oxygen atoms in total. The van der Waals surface area contributed by atoms with Crippen molar-refractivity contribution in [2.45, 2.75) is 20.0 Å². The van der Waals surface area contributed by atoms with Gasteiger partial charge >= 0.3 is 0 Å². The van der Waals surface area contributed by atoms with Gasteiger partial charge in [-0.25, -0.2) is 0 Å². The fourth-order valence-corrected chi connectivity index (χ4v) is 1.63. The first-order valence-corrected chi connectivity index (χ1v) is 5.21. The highest BCUT2D eigenvalue weighted by Gasteiger charge is 2.13. The van der Waals surface area contributed by atoms with Crippen LogP contribution in [0.5, 0.6) is 5.75 Å². The minimum absolute atomic E-state index is 0.0531. The second-order valence-corrected chi connectivity index (χ2v) is 3.46. The Morgan fingerprint density at radius 2 is 2.12 bits per heavy atom. The minimum atomic E-state index is -0.193. The second kappa shape index (κ2) is 5.63. The van der Waals surface area contributed by atoms with Gasteiger partial charge in [0.15, 0.2) is 5.78 Å². The van der Waals surface area contributed by atoms with E-state index in [0.717, 1.165) is 12.0 Å². The summed E-state index contributed by atoms with van der Waals surface area (Å²) in [6.45, 7) is 1.73. The van der Waals surface area contributed by atoms with Crippen molar-refractivity contribution < 1.29 is 14.6 Å². The number of benzene rings is 1. The lowest BCUT2D eigenvalue weighted by Gasteiger charge is -2.12. The molecule has 88 valence electrons. The third kappa shape index (κ3) is 2.40. The Hall–Kier alpha value is -1.39. The lowest BCUT2D eigenvalue weighted by atomic mass is 9.98. The molecule has 0 amide bonds. The van der Waals surface area contributed by atoms with E-state index in [9.17, 15) is 9.90 Å². The number of carbonyl (C=O) groups excluding carboxylic acids is 1. The number of carbonyl (C=O) groups is 1. The molecule has 1 rings (SSSR count). The van der Waals surface area contributed by atoms with Gasteiger partial charge in [0.2, 0.25) is 0 Å². The summed E-state index contributed by atoms with van der Waals surface area (Å²) in [4.78, 5) is 11.6. The van der Waals surface area contributed by atoms with E-state index in [1.54, 1.807) is 19.2 Å². The van der Waals surface area contributed by atoms with E-state index in [2.05, 4.69) is 0 Å². The molecule has 16 heavy (non-hydrogen) atoms. The summed E-state index contributed by atoms with van der Waals surface area (Å²) in [5.41, 5.74) is 7.32. The third-order valence-electron chi connectivity index (χ3n) is 2.54. The predicted molar refractivity (Wildman–Crippen MR) is 61.7 cm³/mol. The van der Waals surface area contributed by atoms with E-state index in [1.165, 1.54) is 0 Å². The molecule has 0 aliphatic rings. The fraction of sp³-hybridized carbons (Fsp3) is 0.417. The Bertz CT molecular complexity index is 388. The number of methoxy groups -OCH3 is 1. The molecule has 0 saturated heterocycles. The van der Waals surface area contributed by atoms with Crippen LogP contribution in [0.3, 0.4) is 0 Å². The summed E-state index contributed by atoms with van der Waals surface area (Å²) in [6.07, 6.45) is 0.764. The Kier molecular flexibility index (Phi) is 4.46. The van der Waals surface area contributed by atoms with E-state index in [0.29, 0.717) is 16.9 Å². The molecule has 4 heteroatoms. The van der Waals surface area contributed by atoms with Crippen molar-refractivity contribution in [1.82, 2.24) is 0 Å². The highest BCUT2D eigenvalue weighted by Crippen LogP contribution is 2.24. The number of aliphatic hydroxyl groups excluding tert-OH is 1. The van der Waals surface area contributed by atoms with Crippen LogP contribution in [0.15, 0.2) is 12.1 Å². The van der Waals surface area contributed by atoms with Gasteiger partial charge in [-0.2, -0.15) is 0 Å². The van der Waals surface area contributed by atoms with Crippen LogP contribution in [0.4, 0.5) is 0 Å². The van der Waals surface area contributed by atoms with Gasteiger partial charge in [0.05, 0.1) is 20.3 Å². The largest absolute Gasteiger partial charge is 0.496 e. The molecular weight excluding hydrogens is 206 g/mol. The van der Waals surface area contributed by atoms with Crippen molar-refractivity contribution in [3.05, 3.63) is 28.8 Å². The van der Waals surface area contributed by atoms with Crippen LogP contribution in [0, 0.1) is 0 Å². The van der Waals surface area contributed by atoms with Crippen molar-refractivity contribution in [3.8, 4) is 5.75 Å². The Labute approximate surface area is 95.0 Å². The molecule has 0 radical (unpaired) electrons. The Morgan fingerprint density at radius 1 is 1.44 bits per heavy atom. The molecule has 0 heterocycles. The Balaban J connectivity index is 3.31. The van der Waals surface area contributed by atoms with Gasteiger partial charge in [-0.1, -0.05) is 6.92 Å². The summed E-state index contributed by atoms with van der Waals surface area (Å²) in [7, 11) is 1.57. The summed E-state index contributed by atoms with van der Waals surface area (Å²) < 4.78 is 5.19. The van der Waals surface area contributed by atoms with Gasteiger partial charge in [-0.15, -0.1) is 0 Å². The molecule has 0 aliphatic heterocycles. The summed E-state index contributed by atoms with van der Waals surface area (Å²) >= 11 is 0. The zero-order valence-corrected chi connectivity index (χ0v) is 9.62. The monoisotopic (exact) mass is 223 g/mol. The number of ether oxygens (including phenoxy) is 1. The highest BCUT2D eigenvalue weighted by molar-refractivity contribution is 5.99. The van der Waals surface area contributed by atoms with E-state index in [-0.39, 0.29) is 18.9 Å². The van der Waals surface area contributed by atoms with Gasteiger partial charge in [-0.05, 0) is 29.7 Å². The van der Waals surface area contributed by atoms with Gasteiger partial charge < -0.3 is 15.6 Å². The van der Waals surface area contributed by atoms with Crippen LogP contribution in [0.25, 0.3) is 0 Å². The quantitative estimate of drug-likeness (QED) is 0.727. The van der Waals surface area contributed by atoms with Crippen LogP contribution in [0.2, 0.25) is 0 Å². The summed E-state index contributed by atoms with van der Waals surface area (Å²) in [6, 6.07) is 3.45. The normalized spacial score (nSPS) is 10.2. The molecule has 1 aromatic carbocycles. The number of hydrogen-bond acceptors (Lipinski definition) is 4. The van der Waals surface area contributed by atoms with Gasteiger partial charge in [0, 0.05) is 5.56 Å². The number of ketones is 1. The van der Waals surface area contributed by atoms with Crippen molar-refractivity contribution in [1.29, 1.82) is 0 Å². The van der Waals surface area contributed by atoms with Gasteiger partial charge in [-0.3, -0.25) is 4.79 Å². The first-order valence-electron chi connectivity index (χ1n) is 5.21. The third-order valence-corrected chi connectivity index (χ3v) is 2.54. The molecule has 3 N–H and O–H groups in total. The predicted octanol–water partition coefficient (Wildman–Crippen LogP) is 0.891. The van der Waals surface area contributed by atoms with Crippen molar-refractivity contribution >= 4 is 5.78 Å². The zero-order chi connectivity index (χ0) is 12.1. The maximum atomic E-state index is 11.6. The standard InChI is InChI=1S/C12H17NO3/c1-3-8-4-10(11(15)6-13)9(7-14)5-12(8)16-2/h4-5,14H,3,6-7,13H2,1-2H3. The maximum Gasteiger partial charge on any atom is 0.176 e.